The zero-order valence-corrected chi connectivity index (χ0v) is 10.2. The van der Waals surface area contributed by atoms with Crippen LogP contribution in [0.2, 0.25) is 0 Å². The molecular weight excluding hydrogens is 214 g/mol. The summed E-state index contributed by atoms with van der Waals surface area (Å²) in [4.78, 5) is 4.24. The smallest absolute Gasteiger partial charge is 0.142 e. The number of aryl methyl sites for hydroxylation is 2. The van der Waals surface area contributed by atoms with Gasteiger partial charge in [0, 0.05) is 25.9 Å². The lowest BCUT2D eigenvalue weighted by molar-refractivity contribution is 0.319. The van der Waals surface area contributed by atoms with Gasteiger partial charge in [0.1, 0.15) is 11.6 Å². The SMILES string of the molecule is Cc1ccc(OCCc2nccn2C)c(N)c1. The molecule has 90 valence electrons. The number of ether oxygens (including phenoxy) is 1. The molecule has 0 aliphatic heterocycles. The van der Waals surface area contributed by atoms with Gasteiger partial charge in [-0.25, -0.2) is 4.98 Å². The van der Waals surface area contributed by atoms with Crippen molar-refractivity contribution in [2.45, 2.75) is 13.3 Å². The number of nitrogens with zero attached hydrogens (tertiary/aromatic N) is 2. The van der Waals surface area contributed by atoms with Crippen LogP contribution in [0, 0.1) is 6.92 Å². The van der Waals surface area contributed by atoms with Gasteiger partial charge in [-0.2, -0.15) is 0 Å². The molecule has 0 aliphatic carbocycles. The molecule has 2 rings (SSSR count). The van der Waals surface area contributed by atoms with E-state index in [1.807, 2.05) is 42.9 Å². The Morgan fingerprint density at radius 2 is 2.24 bits per heavy atom. The minimum absolute atomic E-state index is 0.581. The molecule has 0 fully saturated rings. The normalized spacial score (nSPS) is 10.5. The Hall–Kier alpha value is -1.97. The maximum absolute atomic E-state index is 5.86. The summed E-state index contributed by atoms with van der Waals surface area (Å²) in [6.45, 7) is 2.59. The van der Waals surface area contributed by atoms with Crippen LogP contribution in [-0.2, 0) is 13.5 Å². The van der Waals surface area contributed by atoms with Crippen LogP contribution in [0.15, 0.2) is 30.6 Å². The highest BCUT2D eigenvalue weighted by molar-refractivity contribution is 5.53. The Kier molecular flexibility index (Phi) is 3.32. The lowest BCUT2D eigenvalue weighted by Gasteiger charge is -2.09. The fourth-order valence-electron chi connectivity index (χ4n) is 1.69. The molecule has 2 N–H and O–H groups in total. The Labute approximate surface area is 101 Å². The van der Waals surface area contributed by atoms with Crippen molar-refractivity contribution in [3.05, 3.63) is 42.0 Å². The topological polar surface area (TPSA) is 53.1 Å². The van der Waals surface area contributed by atoms with Crippen molar-refractivity contribution < 1.29 is 4.74 Å². The highest BCUT2D eigenvalue weighted by Gasteiger charge is 2.02. The standard InChI is InChI=1S/C13H17N3O/c1-10-3-4-12(11(14)9-10)17-8-5-13-15-6-7-16(13)2/h3-4,6-7,9H,5,8,14H2,1-2H3. The molecule has 0 amide bonds. The summed E-state index contributed by atoms with van der Waals surface area (Å²) in [5.41, 5.74) is 7.69. The van der Waals surface area contributed by atoms with E-state index in [0.29, 0.717) is 12.3 Å². The number of benzene rings is 1. The summed E-state index contributed by atoms with van der Waals surface area (Å²) >= 11 is 0. The molecule has 2 aromatic rings. The van der Waals surface area contributed by atoms with E-state index < -0.39 is 0 Å². The third kappa shape index (κ3) is 2.78. The van der Waals surface area contributed by atoms with E-state index in [1.54, 1.807) is 6.20 Å². The molecule has 0 atom stereocenters. The van der Waals surface area contributed by atoms with Gasteiger partial charge in [-0.05, 0) is 24.6 Å². The van der Waals surface area contributed by atoms with E-state index in [0.717, 1.165) is 23.6 Å². The summed E-state index contributed by atoms with van der Waals surface area (Å²) < 4.78 is 7.63. The maximum atomic E-state index is 5.86. The second-order valence-corrected chi connectivity index (χ2v) is 4.09. The van der Waals surface area contributed by atoms with E-state index in [1.165, 1.54) is 0 Å². The first-order valence-corrected chi connectivity index (χ1v) is 5.62. The number of nitrogens with two attached hydrogens (primary N) is 1. The second kappa shape index (κ2) is 4.91. The van der Waals surface area contributed by atoms with Crippen LogP contribution >= 0.6 is 0 Å². The van der Waals surface area contributed by atoms with Gasteiger partial charge < -0.3 is 15.0 Å². The number of hydrogen-bond acceptors (Lipinski definition) is 3. The summed E-state index contributed by atoms with van der Waals surface area (Å²) in [6.07, 6.45) is 4.49. The minimum atomic E-state index is 0.581. The van der Waals surface area contributed by atoms with Crippen LogP contribution in [0.3, 0.4) is 0 Å². The Morgan fingerprint density at radius 3 is 2.88 bits per heavy atom. The van der Waals surface area contributed by atoms with E-state index in [9.17, 15) is 0 Å². The molecular formula is C13H17N3O. The molecule has 1 heterocycles. The van der Waals surface area contributed by atoms with Gasteiger partial charge in [0.2, 0.25) is 0 Å². The van der Waals surface area contributed by atoms with Crippen molar-refractivity contribution in [1.29, 1.82) is 0 Å². The number of hydrogen-bond donors (Lipinski definition) is 1. The zero-order valence-electron chi connectivity index (χ0n) is 10.2. The molecule has 1 aromatic carbocycles. The number of rotatable bonds is 4. The highest BCUT2D eigenvalue weighted by atomic mass is 16.5. The van der Waals surface area contributed by atoms with Crippen LogP contribution in [0.5, 0.6) is 5.75 Å². The van der Waals surface area contributed by atoms with Crippen LogP contribution < -0.4 is 10.5 Å². The quantitative estimate of drug-likeness (QED) is 0.818. The van der Waals surface area contributed by atoms with Gasteiger partial charge in [-0.3, -0.25) is 0 Å². The Bertz CT molecular complexity index is 505. The fourth-order valence-corrected chi connectivity index (χ4v) is 1.69. The molecule has 1 aromatic heterocycles. The fraction of sp³-hybridized carbons (Fsp3) is 0.308. The summed E-state index contributed by atoms with van der Waals surface area (Å²) in [5.74, 6) is 1.75. The molecule has 0 bridgehead atoms. The molecule has 4 nitrogen and oxygen atoms in total. The van der Waals surface area contributed by atoms with Crippen molar-refractivity contribution in [3.63, 3.8) is 0 Å². The monoisotopic (exact) mass is 231 g/mol. The lowest BCUT2D eigenvalue weighted by atomic mass is 10.2. The molecule has 0 saturated carbocycles. The van der Waals surface area contributed by atoms with Crippen molar-refractivity contribution in [3.8, 4) is 5.75 Å². The highest BCUT2D eigenvalue weighted by Crippen LogP contribution is 2.22. The predicted molar refractivity (Wildman–Crippen MR) is 68.0 cm³/mol. The number of anilines is 1. The van der Waals surface area contributed by atoms with E-state index in [2.05, 4.69) is 4.98 Å². The number of nitrogen functional groups attached to an aromatic ring is 1. The van der Waals surface area contributed by atoms with Crippen LogP contribution in [0.4, 0.5) is 5.69 Å². The lowest BCUT2D eigenvalue weighted by Crippen LogP contribution is -2.07. The molecule has 4 heteroatoms. The van der Waals surface area contributed by atoms with Crippen LogP contribution in [-0.4, -0.2) is 16.2 Å². The maximum Gasteiger partial charge on any atom is 0.142 e. The third-order valence-electron chi connectivity index (χ3n) is 2.67. The van der Waals surface area contributed by atoms with Gasteiger partial charge in [0.15, 0.2) is 0 Å². The molecule has 0 radical (unpaired) electrons. The third-order valence-corrected chi connectivity index (χ3v) is 2.67. The van der Waals surface area contributed by atoms with Crippen LogP contribution in [0.25, 0.3) is 0 Å². The van der Waals surface area contributed by atoms with Gasteiger partial charge in [0.25, 0.3) is 0 Å². The van der Waals surface area contributed by atoms with Gasteiger partial charge >= 0.3 is 0 Å². The average Bonchev–Trinajstić information content (AvgIpc) is 2.68. The Morgan fingerprint density at radius 1 is 1.41 bits per heavy atom. The molecule has 0 spiro atoms. The van der Waals surface area contributed by atoms with Gasteiger partial charge in [0.05, 0.1) is 12.3 Å². The Balaban J connectivity index is 1.92. The number of imidazole rings is 1. The first kappa shape index (κ1) is 11.5. The summed E-state index contributed by atoms with van der Waals surface area (Å²) in [7, 11) is 1.97. The molecule has 17 heavy (non-hydrogen) atoms. The van der Waals surface area contributed by atoms with E-state index >= 15 is 0 Å². The summed E-state index contributed by atoms with van der Waals surface area (Å²) in [5, 5.41) is 0. The molecule has 0 unspecified atom stereocenters. The summed E-state index contributed by atoms with van der Waals surface area (Å²) in [6, 6.07) is 5.81. The largest absolute Gasteiger partial charge is 0.491 e. The zero-order chi connectivity index (χ0) is 12.3. The van der Waals surface area contributed by atoms with Crippen LogP contribution in [0.1, 0.15) is 11.4 Å². The van der Waals surface area contributed by atoms with Gasteiger partial charge in [-0.15, -0.1) is 0 Å². The van der Waals surface area contributed by atoms with Gasteiger partial charge in [-0.1, -0.05) is 6.07 Å². The van der Waals surface area contributed by atoms with E-state index in [-0.39, 0.29) is 0 Å². The molecule has 0 aliphatic rings. The van der Waals surface area contributed by atoms with Crippen molar-refractivity contribution in [2.75, 3.05) is 12.3 Å². The first-order valence-electron chi connectivity index (χ1n) is 5.62. The van der Waals surface area contributed by atoms with Crippen molar-refractivity contribution in [1.82, 2.24) is 9.55 Å². The second-order valence-electron chi connectivity index (χ2n) is 4.09. The average molecular weight is 231 g/mol. The molecule has 0 saturated heterocycles. The van der Waals surface area contributed by atoms with Crippen molar-refractivity contribution >= 4 is 5.69 Å². The minimum Gasteiger partial charge on any atom is -0.491 e. The first-order chi connectivity index (χ1) is 8.16. The van der Waals surface area contributed by atoms with Crippen molar-refractivity contribution in [2.24, 2.45) is 7.05 Å². The number of aromatic nitrogens is 2. The van der Waals surface area contributed by atoms with E-state index in [4.69, 9.17) is 10.5 Å². The predicted octanol–water partition coefficient (Wildman–Crippen LogP) is 1.93.